The topological polar surface area (TPSA) is 0 Å². The summed E-state index contributed by atoms with van der Waals surface area (Å²) >= 11 is 0. The lowest BCUT2D eigenvalue weighted by atomic mass is 10.00. The molecule has 14 heavy (non-hydrogen) atoms. The molecule has 0 aliphatic carbocycles. The standard InChI is InChI=1S/C11H12F3/c1-3-8-5-6-10(11(12,13)14)7-9(8)4-2/h5,7H,3-4H2,1-2H3. The number of alkyl halides is 3. The largest absolute Gasteiger partial charge is 0.417 e. The summed E-state index contributed by atoms with van der Waals surface area (Å²) in [5.41, 5.74) is 1.03. The first kappa shape index (κ1) is 11.1. The SMILES string of the molecule is CCc1c[c]c(C(F)(F)F)cc1CC. The molecular weight excluding hydrogens is 189 g/mol. The van der Waals surface area contributed by atoms with Crippen molar-refractivity contribution in [2.24, 2.45) is 0 Å². The van der Waals surface area contributed by atoms with Gasteiger partial charge in [-0.05, 0) is 36.1 Å². The molecule has 1 rings (SSSR count). The summed E-state index contributed by atoms with van der Waals surface area (Å²) in [7, 11) is 0. The van der Waals surface area contributed by atoms with E-state index in [0.717, 1.165) is 17.5 Å². The first-order valence-electron chi connectivity index (χ1n) is 4.59. The van der Waals surface area contributed by atoms with Gasteiger partial charge in [-0.25, -0.2) is 0 Å². The number of hydrogen-bond acceptors (Lipinski definition) is 0. The van der Waals surface area contributed by atoms with Crippen LogP contribution in [-0.4, -0.2) is 0 Å². The lowest BCUT2D eigenvalue weighted by Gasteiger charge is -2.10. The number of aryl methyl sites for hydroxylation is 2. The fourth-order valence-electron chi connectivity index (χ4n) is 1.39. The molecule has 0 spiro atoms. The quantitative estimate of drug-likeness (QED) is 0.685. The van der Waals surface area contributed by atoms with Gasteiger partial charge in [0.25, 0.3) is 0 Å². The second-order valence-corrected chi connectivity index (χ2v) is 3.10. The molecule has 0 aliphatic heterocycles. The van der Waals surface area contributed by atoms with Crippen molar-refractivity contribution in [1.82, 2.24) is 0 Å². The minimum absolute atomic E-state index is 0.626. The van der Waals surface area contributed by atoms with Gasteiger partial charge in [0.1, 0.15) is 0 Å². The van der Waals surface area contributed by atoms with Crippen LogP contribution < -0.4 is 0 Å². The maximum Gasteiger partial charge on any atom is 0.417 e. The third-order valence-corrected chi connectivity index (χ3v) is 2.20. The predicted molar refractivity (Wildman–Crippen MR) is 49.0 cm³/mol. The zero-order valence-corrected chi connectivity index (χ0v) is 8.20. The number of benzene rings is 1. The van der Waals surface area contributed by atoms with E-state index in [0.29, 0.717) is 6.42 Å². The predicted octanol–water partition coefficient (Wildman–Crippen LogP) is 3.63. The molecule has 0 saturated heterocycles. The molecule has 0 amide bonds. The molecule has 0 saturated carbocycles. The van der Waals surface area contributed by atoms with E-state index in [1.54, 1.807) is 0 Å². The van der Waals surface area contributed by atoms with E-state index in [-0.39, 0.29) is 0 Å². The summed E-state index contributed by atoms with van der Waals surface area (Å²) in [6.07, 6.45) is -2.91. The Balaban J connectivity index is 3.14. The molecule has 0 aliphatic rings. The smallest absolute Gasteiger partial charge is 0.166 e. The van der Waals surface area contributed by atoms with E-state index in [4.69, 9.17) is 0 Å². The number of hydrogen-bond donors (Lipinski definition) is 0. The average Bonchev–Trinajstić information content (AvgIpc) is 2.15. The molecule has 0 bridgehead atoms. The van der Waals surface area contributed by atoms with Crippen molar-refractivity contribution in [2.75, 3.05) is 0 Å². The summed E-state index contributed by atoms with van der Waals surface area (Å²) < 4.78 is 36.9. The summed E-state index contributed by atoms with van der Waals surface area (Å²) in [5.74, 6) is 0. The van der Waals surface area contributed by atoms with Crippen molar-refractivity contribution in [3.05, 3.63) is 34.9 Å². The van der Waals surface area contributed by atoms with Crippen LogP contribution in [0.3, 0.4) is 0 Å². The van der Waals surface area contributed by atoms with Crippen LogP contribution in [0.5, 0.6) is 0 Å². The van der Waals surface area contributed by atoms with E-state index < -0.39 is 11.7 Å². The average molecular weight is 201 g/mol. The number of rotatable bonds is 2. The van der Waals surface area contributed by atoms with Gasteiger partial charge < -0.3 is 0 Å². The van der Waals surface area contributed by atoms with Crippen molar-refractivity contribution < 1.29 is 13.2 Å². The zero-order valence-electron chi connectivity index (χ0n) is 8.20. The second-order valence-electron chi connectivity index (χ2n) is 3.10. The molecular formula is C11H12F3. The Kier molecular flexibility index (Phi) is 3.19. The van der Waals surface area contributed by atoms with Crippen LogP contribution >= 0.6 is 0 Å². The van der Waals surface area contributed by atoms with Crippen LogP contribution in [-0.2, 0) is 19.0 Å². The monoisotopic (exact) mass is 201 g/mol. The highest BCUT2D eigenvalue weighted by atomic mass is 19.4. The summed E-state index contributed by atoms with van der Waals surface area (Å²) in [4.78, 5) is 0. The Labute approximate surface area is 81.8 Å². The molecule has 0 nitrogen and oxygen atoms in total. The molecule has 1 radical (unpaired) electrons. The molecule has 3 heteroatoms. The van der Waals surface area contributed by atoms with E-state index in [2.05, 4.69) is 6.07 Å². The third-order valence-electron chi connectivity index (χ3n) is 2.20. The van der Waals surface area contributed by atoms with E-state index >= 15 is 0 Å². The molecule has 0 atom stereocenters. The first-order chi connectivity index (χ1) is 6.49. The fourth-order valence-corrected chi connectivity index (χ4v) is 1.39. The van der Waals surface area contributed by atoms with Crippen LogP contribution in [0.2, 0.25) is 0 Å². The lowest BCUT2D eigenvalue weighted by Crippen LogP contribution is -2.06. The van der Waals surface area contributed by atoms with Crippen LogP contribution in [0.25, 0.3) is 0 Å². The lowest BCUT2D eigenvalue weighted by molar-refractivity contribution is -0.137. The van der Waals surface area contributed by atoms with Crippen molar-refractivity contribution >= 4 is 0 Å². The highest BCUT2D eigenvalue weighted by molar-refractivity contribution is 5.32. The number of halogens is 3. The van der Waals surface area contributed by atoms with Crippen LogP contribution in [0.4, 0.5) is 13.2 Å². The van der Waals surface area contributed by atoms with Gasteiger partial charge in [-0.2, -0.15) is 13.2 Å². The second kappa shape index (κ2) is 4.03. The minimum atomic E-state index is -4.28. The Morgan fingerprint density at radius 2 is 1.71 bits per heavy atom. The van der Waals surface area contributed by atoms with E-state index in [1.807, 2.05) is 13.8 Å². The van der Waals surface area contributed by atoms with Gasteiger partial charge in [0, 0.05) is 0 Å². The third kappa shape index (κ3) is 2.28. The summed E-state index contributed by atoms with van der Waals surface area (Å²) in [6.45, 7) is 3.78. The highest BCUT2D eigenvalue weighted by Gasteiger charge is 2.30. The van der Waals surface area contributed by atoms with Crippen molar-refractivity contribution in [3.63, 3.8) is 0 Å². The van der Waals surface area contributed by atoms with Crippen LogP contribution in [0.1, 0.15) is 30.5 Å². The van der Waals surface area contributed by atoms with Crippen molar-refractivity contribution in [3.8, 4) is 0 Å². The summed E-state index contributed by atoms with van der Waals surface area (Å²) in [5, 5.41) is 0. The van der Waals surface area contributed by atoms with Gasteiger partial charge in [-0.3, -0.25) is 0 Å². The van der Waals surface area contributed by atoms with E-state index in [9.17, 15) is 13.2 Å². The zero-order chi connectivity index (χ0) is 10.8. The fraction of sp³-hybridized carbons (Fsp3) is 0.455. The Bertz CT molecular complexity index is 313. The van der Waals surface area contributed by atoms with Gasteiger partial charge in [0.2, 0.25) is 0 Å². The Morgan fingerprint density at radius 3 is 2.14 bits per heavy atom. The van der Waals surface area contributed by atoms with Crippen molar-refractivity contribution in [1.29, 1.82) is 0 Å². The van der Waals surface area contributed by atoms with E-state index in [1.165, 1.54) is 12.1 Å². The molecule has 0 N–H and O–H groups in total. The maximum atomic E-state index is 12.3. The molecule has 0 aromatic heterocycles. The van der Waals surface area contributed by atoms with Gasteiger partial charge >= 0.3 is 6.18 Å². The van der Waals surface area contributed by atoms with Crippen LogP contribution in [0, 0.1) is 6.07 Å². The van der Waals surface area contributed by atoms with Gasteiger partial charge in [0.05, 0.1) is 5.56 Å². The Hall–Kier alpha value is -0.990. The minimum Gasteiger partial charge on any atom is -0.166 e. The molecule has 1 aromatic rings. The van der Waals surface area contributed by atoms with Crippen molar-refractivity contribution in [2.45, 2.75) is 32.9 Å². The summed E-state index contributed by atoms with van der Waals surface area (Å²) in [6, 6.07) is 4.92. The van der Waals surface area contributed by atoms with Gasteiger partial charge in [0.15, 0.2) is 0 Å². The highest BCUT2D eigenvalue weighted by Crippen LogP contribution is 2.30. The normalized spacial score (nSPS) is 11.8. The molecule has 77 valence electrons. The Morgan fingerprint density at radius 1 is 1.14 bits per heavy atom. The first-order valence-corrected chi connectivity index (χ1v) is 4.59. The maximum absolute atomic E-state index is 12.3. The van der Waals surface area contributed by atoms with Crippen LogP contribution in [0.15, 0.2) is 12.1 Å². The van der Waals surface area contributed by atoms with Gasteiger partial charge in [-0.15, -0.1) is 0 Å². The molecule has 1 aromatic carbocycles. The van der Waals surface area contributed by atoms with Gasteiger partial charge in [-0.1, -0.05) is 19.9 Å². The molecule has 0 fully saturated rings. The molecule has 0 heterocycles. The molecule has 0 unspecified atom stereocenters.